The highest BCUT2D eigenvalue weighted by molar-refractivity contribution is 7.17. The van der Waals surface area contributed by atoms with Gasteiger partial charge in [-0.2, -0.15) is 0 Å². The van der Waals surface area contributed by atoms with Crippen molar-refractivity contribution in [1.29, 1.82) is 0 Å². The predicted molar refractivity (Wildman–Crippen MR) is 92.5 cm³/mol. The summed E-state index contributed by atoms with van der Waals surface area (Å²) < 4.78 is 1.22. The van der Waals surface area contributed by atoms with Gasteiger partial charge in [0.1, 0.15) is 6.04 Å². The topological polar surface area (TPSA) is 61.4 Å². The number of hydrogen-bond donors (Lipinski definition) is 2. The molecule has 1 fully saturated rings. The molecule has 2 heterocycles. The molecule has 3 amide bonds. The van der Waals surface area contributed by atoms with E-state index in [1.54, 1.807) is 23.3 Å². The van der Waals surface area contributed by atoms with E-state index in [1.807, 2.05) is 12.1 Å². The SMILES string of the molecule is CN(Cc1csc2ccccc12)C(=O)N[C@H]1CCCCNC1=O. The molecule has 1 aromatic carbocycles. The van der Waals surface area contributed by atoms with Crippen molar-refractivity contribution < 1.29 is 9.59 Å². The molecule has 2 N–H and O–H groups in total. The molecule has 1 aliphatic rings. The number of thiophene rings is 1. The fraction of sp³-hybridized carbons (Fsp3) is 0.412. The third-order valence-electron chi connectivity index (χ3n) is 4.15. The first kappa shape index (κ1) is 15.8. The zero-order valence-electron chi connectivity index (χ0n) is 13.2. The van der Waals surface area contributed by atoms with Crippen LogP contribution in [0.1, 0.15) is 24.8 Å². The average molecular weight is 331 g/mol. The largest absolute Gasteiger partial charge is 0.354 e. The highest BCUT2D eigenvalue weighted by Gasteiger charge is 2.23. The Labute approximate surface area is 139 Å². The molecule has 5 nitrogen and oxygen atoms in total. The third-order valence-corrected chi connectivity index (χ3v) is 5.16. The van der Waals surface area contributed by atoms with Crippen molar-refractivity contribution in [3.05, 3.63) is 35.2 Å². The standard InChI is InChI=1S/C17H21N3O2S/c1-20(10-12-11-23-15-8-3-2-6-13(12)15)17(22)19-14-7-4-5-9-18-16(14)21/h2-3,6,8,11,14H,4-5,7,9-10H2,1H3,(H,18,21)(H,19,22)/t14-/m0/s1. The normalized spacial score (nSPS) is 18.3. The number of fused-ring (bicyclic) bond motifs is 1. The molecule has 122 valence electrons. The van der Waals surface area contributed by atoms with E-state index in [0.29, 0.717) is 19.5 Å². The van der Waals surface area contributed by atoms with E-state index in [0.717, 1.165) is 18.4 Å². The summed E-state index contributed by atoms with van der Waals surface area (Å²) in [7, 11) is 1.76. The highest BCUT2D eigenvalue weighted by atomic mass is 32.1. The van der Waals surface area contributed by atoms with Crippen molar-refractivity contribution in [2.45, 2.75) is 31.8 Å². The van der Waals surface area contributed by atoms with Gasteiger partial charge in [-0.1, -0.05) is 18.2 Å². The number of carbonyl (C=O) groups is 2. The van der Waals surface area contributed by atoms with Gasteiger partial charge in [0, 0.05) is 24.8 Å². The summed E-state index contributed by atoms with van der Waals surface area (Å²) >= 11 is 1.68. The lowest BCUT2D eigenvalue weighted by Crippen LogP contribution is -2.49. The van der Waals surface area contributed by atoms with Gasteiger partial charge in [-0.15, -0.1) is 11.3 Å². The maximum atomic E-state index is 12.4. The Balaban J connectivity index is 1.64. The van der Waals surface area contributed by atoms with Crippen molar-refractivity contribution in [1.82, 2.24) is 15.5 Å². The Morgan fingerprint density at radius 1 is 1.39 bits per heavy atom. The number of amides is 3. The van der Waals surface area contributed by atoms with E-state index in [9.17, 15) is 9.59 Å². The number of hydrogen-bond acceptors (Lipinski definition) is 3. The van der Waals surface area contributed by atoms with Gasteiger partial charge >= 0.3 is 6.03 Å². The second kappa shape index (κ2) is 7.00. The summed E-state index contributed by atoms with van der Waals surface area (Å²) in [6.45, 7) is 1.23. The quantitative estimate of drug-likeness (QED) is 0.908. The van der Waals surface area contributed by atoms with Crippen molar-refractivity contribution in [3.63, 3.8) is 0 Å². The minimum atomic E-state index is -0.424. The van der Waals surface area contributed by atoms with Gasteiger partial charge < -0.3 is 15.5 Å². The summed E-state index contributed by atoms with van der Waals surface area (Å²) in [5, 5.41) is 8.96. The van der Waals surface area contributed by atoms with Crippen LogP contribution in [0.3, 0.4) is 0 Å². The monoisotopic (exact) mass is 331 g/mol. The zero-order chi connectivity index (χ0) is 16.2. The lowest BCUT2D eigenvalue weighted by Gasteiger charge is -2.22. The minimum absolute atomic E-state index is 0.0785. The van der Waals surface area contributed by atoms with Crippen LogP contribution >= 0.6 is 11.3 Å². The molecule has 1 atom stereocenters. The summed E-state index contributed by atoms with van der Waals surface area (Å²) in [6.07, 6.45) is 2.62. The number of nitrogens with zero attached hydrogens (tertiary/aromatic N) is 1. The van der Waals surface area contributed by atoms with E-state index in [-0.39, 0.29) is 11.9 Å². The number of rotatable bonds is 3. The molecule has 1 saturated heterocycles. The molecule has 0 bridgehead atoms. The van der Waals surface area contributed by atoms with Gasteiger partial charge in [-0.3, -0.25) is 4.79 Å². The average Bonchev–Trinajstić information content (AvgIpc) is 2.85. The van der Waals surface area contributed by atoms with Crippen LogP contribution in [0.4, 0.5) is 4.79 Å². The fourth-order valence-electron chi connectivity index (χ4n) is 2.82. The van der Waals surface area contributed by atoms with Crippen molar-refractivity contribution in [2.24, 2.45) is 0 Å². The first-order chi connectivity index (χ1) is 11.1. The van der Waals surface area contributed by atoms with Gasteiger partial charge in [0.2, 0.25) is 5.91 Å². The van der Waals surface area contributed by atoms with Crippen LogP contribution in [0.5, 0.6) is 0 Å². The van der Waals surface area contributed by atoms with Crippen LogP contribution in [-0.4, -0.2) is 36.5 Å². The molecular formula is C17H21N3O2S. The lowest BCUT2D eigenvalue weighted by molar-refractivity contribution is -0.122. The maximum Gasteiger partial charge on any atom is 0.318 e. The summed E-state index contributed by atoms with van der Waals surface area (Å²) in [4.78, 5) is 25.9. The molecular weight excluding hydrogens is 310 g/mol. The van der Waals surface area contributed by atoms with Crippen LogP contribution in [0.25, 0.3) is 10.1 Å². The molecule has 0 radical (unpaired) electrons. The molecule has 2 aromatic rings. The zero-order valence-corrected chi connectivity index (χ0v) is 14.0. The van der Waals surface area contributed by atoms with Crippen LogP contribution in [0, 0.1) is 0 Å². The Bertz CT molecular complexity index is 713. The second-order valence-electron chi connectivity index (χ2n) is 5.90. The first-order valence-electron chi connectivity index (χ1n) is 7.89. The smallest absolute Gasteiger partial charge is 0.318 e. The maximum absolute atomic E-state index is 12.4. The van der Waals surface area contributed by atoms with Crippen LogP contribution in [-0.2, 0) is 11.3 Å². The van der Waals surface area contributed by atoms with Gasteiger partial charge in [0.05, 0.1) is 0 Å². The van der Waals surface area contributed by atoms with E-state index in [2.05, 4.69) is 28.1 Å². The summed E-state index contributed by atoms with van der Waals surface area (Å²) in [5.41, 5.74) is 1.13. The minimum Gasteiger partial charge on any atom is -0.354 e. The van der Waals surface area contributed by atoms with E-state index >= 15 is 0 Å². The molecule has 0 unspecified atom stereocenters. The lowest BCUT2D eigenvalue weighted by atomic mass is 10.1. The van der Waals surface area contributed by atoms with E-state index < -0.39 is 6.04 Å². The molecule has 1 aliphatic heterocycles. The first-order valence-corrected chi connectivity index (χ1v) is 8.77. The molecule has 3 rings (SSSR count). The number of benzene rings is 1. The summed E-state index contributed by atoms with van der Waals surface area (Å²) in [5.74, 6) is -0.0785. The highest BCUT2D eigenvalue weighted by Crippen LogP contribution is 2.26. The van der Waals surface area contributed by atoms with Gasteiger partial charge in [0.15, 0.2) is 0 Å². The Kier molecular flexibility index (Phi) is 4.81. The Morgan fingerprint density at radius 2 is 2.22 bits per heavy atom. The van der Waals surface area contributed by atoms with E-state index in [1.165, 1.54) is 10.1 Å². The molecule has 0 spiro atoms. The van der Waals surface area contributed by atoms with Crippen LogP contribution < -0.4 is 10.6 Å². The third kappa shape index (κ3) is 3.64. The van der Waals surface area contributed by atoms with Crippen LogP contribution in [0.2, 0.25) is 0 Å². The van der Waals surface area contributed by atoms with Gasteiger partial charge in [-0.05, 0) is 41.7 Å². The van der Waals surface area contributed by atoms with Crippen molar-refractivity contribution >= 4 is 33.4 Å². The summed E-state index contributed by atoms with van der Waals surface area (Å²) in [6, 6.07) is 7.55. The van der Waals surface area contributed by atoms with Crippen molar-refractivity contribution in [3.8, 4) is 0 Å². The second-order valence-corrected chi connectivity index (χ2v) is 6.81. The van der Waals surface area contributed by atoms with Gasteiger partial charge in [-0.25, -0.2) is 4.79 Å². The molecule has 23 heavy (non-hydrogen) atoms. The van der Waals surface area contributed by atoms with Gasteiger partial charge in [0.25, 0.3) is 0 Å². The fourth-order valence-corrected chi connectivity index (χ4v) is 3.77. The molecule has 0 saturated carbocycles. The molecule has 6 heteroatoms. The Hall–Kier alpha value is -2.08. The number of urea groups is 1. The number of nitrogens with one attached hydrogen (secondary N) is 2. The molecule has 0 aliphatic carbocycles. The Morgan fingerprint density at radius 3 is 3.09 bits per heavy atom. The van der Waals surface area contributed by atoms with Crippen molar-refractivity contribution in [2.75, 3.05) is 13.6 Å². The van der Waals surface area contributed by atoms with E-state index in [4.69, 9.17) is 0 Å². The predicted octanol–water partition coefficient (Wildman–Crippen LogP) is 2.71. The van der Waals surface area contributed by atoms with Crippen LogP contribution in [0.15, 0.2) is 29.6 Å². The number of carbonyl (C=O) groups excluding carboxylic acids is 2. The molecule has 1 aromatic heterocycles.